The maximum atomic E-state index is 13.4. The number of hydrogen-bond acceptors (Lipinski definition) is 6. The van der Waals surface area contributed by atoms with Crippen LogP contribution in [0.3, 0.4) is 0 Å². The van der Waals surface area contributed by atoms with E-state index in [4.69, 9.17) is 4.74 Å². The van der Waals surface area contributed by atoms with Crippen LogP contribution in [0.4, 0.5) is 0 Å². The third-order valence-corrected chi connectivity index (χ3v) is 8.53. The molecule has 0 spiro atoms. The number of hydrogen-bond donors (Lipinski definition) is 1. The van der Waals surface area contributed by atoms with E-state index in [2.05, 4.69) is 0 Å². The fourth-order valence-electron chi connectivity index (χ4n) is 6.71. The molecule has 2 aromatic carbocycles. The molecule has 1 N–H and O–H groups in total. The average molecular weight is 524 g/mol. The standard InChI is InChI=1S/C32H29NO6/c1-3-33-31(37)22-12-11-20-23(28(22)32(33)38)15-24-29(26(35)13-17(2)30(24)36)27(20)21-10-9-19(14-25(21)34)39-16-18-7-5-4-6-8-18/h4-11,13-14,22-23,27-28,34H,3,12,15-16H2,1-2H3. The number of carbonyl (C=O) groups excluding carboxylic acids is 4. The summed E-state index contributed by atoms with van der Waals surface area (Å²) in [6.07, 6.45) is 3.92. The van der Waals surface area contributed by atoms with Gasteiger partial charge in [-0.05, 0) is 50.3 Å². The number of phenolic OH excluding ortho intramolecular Hbond substituents is 1. The van der Waals surface area contributed by atoms with E-state index >= 15 is 0 Å². The largest absolute Gasteiger partial charge is 0.507 e. The maximum absolute atomic E-state index is 13.4. The molecule has 2 amide bonds. The Morgan fingerprint density at radius 2 is 1.77 bits per heavy atom. The third kappa shape index (κ3) is 3.95. The van der Waals surface area contributed by atoms with Crippen LogP contribution in [0.15, 0.2) is 83.0 Å². The van der Waals surface area contributed by atoms with Crippen molar-refractivity contribution in [2.75, 3.05) is 6.54 Å². The summed E-state index contributed by atoms with van der Waals surface area (Å²) in [6, 6.07) is 14.7. The van der Waals surface area contributed by atoms with Gasteiger partial charge in [-0.3, -0.25) is 24.1 Å². The van der Waals surface area contributed by atoms with E-state index in [0.29, 0.717) is 47.6 Å². The number of phenols is 1. The molecule has 2 aromatic rings. The van der Waals surface area contributed by atoms with Crippen molar-refractivity contribution in [3.05, 3.63) is 94.1 Å². The van der Waals surface area contributed by atoms with Crippen LogP contribution in [0.2, 0.25) is 0 Å². The monoisotopic (exact) mass is 523 g/mol. The summed E-state index contributed by atoms with van der Waals surface area (Å²) in [5.74, 6) is -2.62. The number of aromatic hydroxyl groups is 1. The lowest BCUT2D eigenvalue weighted by Crippen LogP contribution is -2.39. The molecule has 0 saturated carbocycles. The highest BCUT2D eigenvalue weighted by Crippen LogP contribution is 2.56. The topological polar surface area (TPSA) is 101 Å². The Labute approximate surface area is 226 Å². The molecule has 198 valence electrons. The van der Waals surface area contributed by atoms with E-state index in [1.54, 1.807) is 26.0 Å². The van der Waals surface area contributed by atoms with Crippen molar-refractivity contribution in [1.29, 1.82) is 0 Å². The molecule has 0 aromatic heterocycles. The van der Waals surface area contributed by atoms with Crippen LogP contribution < -0.4 is 4.74 Å². The zero-order chi connectivity index (χ0) is 27.4. The quantitative estimate of drug-likeness (QED) is 0.354. The molecule has 1 heterocycles. The van der Waals surface area contributed by atoms with E-state index in [1.807, 2.05) is 36.4 Å². The Kier molecular flexibility index (Phi) is 6.09. The van der Waals surface area contributed by atoms with Gasteiger partial charge in [0.1, 0.15) is 18.1 Å². The van der Waals surface area contributed by atoms with Gasteiger partial charge in [0, 0.05) is 40.8 Å². The number of imide groups is 1. The van der Waals surface area contributed by atoms with Crippen molar-refractivity contribution in [2.24, 2.45) is 17.8 Å². The Bertz CT molecular complexity index is 1510. The fourth-order valence-corrected chi connectivity index (χ4v) is 6.71. The number of ketones is 2. The predicted molar refractivity (Wildman–Crippen MR) is 143 cm³/mol. The van der Waals surface area contributed by atoms with Crippen LogP contribution in [0, 0.1) is 17.8 Å². The molecule has 39 heavy (non-hydrogen) atoms. The molecule has 4 unspecified atom stereocenters. The smallest absolute Gasteiger partial charge is 0.233 e. The predicted octanol–water partition coefficient (Wildman–Crippen LogP) is 4.42. The van der Waals surface area contributed by atoms with Crippen LogP contribution in [-0.4, -0.2) is 39.9 Å². The number of Topliss-reactive ketones (excluding diaryl/α,β-unsaturated/α-hetero) is 1. The van der Waals surface area contributed by atoms with Crippen LogP contribution >= 0.6 is 0 Å². The number of benzene rings is 2. The molecule has 1 fully saturated rings. The number of likely N-dealkylation sites (tertiary alicyclic amines) is 1. The van der Waals surface area contributed by atoms with Crippen LogP contribution in [0.5, 0.6) is 11.5 Å². The Hall–Kier alpha value is -4.26. The van der Waals surface area contributed by atoms with Gasteiger partial charge in [0.2, 0.25) is 11.8 Å². The van der Waals surface area contributed by atoms with E-state index in [1.165, 1.54) is 17.0 Å². The molecule has 3 aliphatic carbocycles. The number of ether oxygens (including phenoxy) is 1. The highest BCUT2D eigenvalue weighted by atomic mass is 16.5. The minimum atomic E-state index is -0.692. The first-order valence-electron chi connectivity index (χ1n) is 13.3. The Balaban J connectivity index is 1.42. The minimum Gasteiger partial charge on any atom is -0.507 e. The van der Waals surface area contributed by atoms with Gasteiger partial charge in [0.25, 0.3) is 0 Å². The van der Waals surface area contributed by atoms with Crippen LogP contribution in [0.25, 0.3) is 0 Å². The molecular formula is C32H29NO6. The van der Waals surface area contributed by atoms with Gasteiger partial charge in [0.05, 0.1) is 11.8 Å². The van der Waals surface area contributed by atoms with E-state index < -0.39 is 23.7 Å². The molecule has 1 aliphatic heterocycles. The third-order valence-electron chi connectivity index (χ3n) is 8.53. The summed E-state index contributed by atoms with van der Waals surface area (Å²) >= 11 is 0. The maximum Gasteiger partial charge on any atom is 0.233 e. The lowest BCUT2D eigenvalue weighted by atomic mass is 9.59. The van der Waals surface area contributed by atoms with Gasteiger partial charge in [-0.15, -0.1) is 0 Å². The summed E-state index contributed by atoms with van der Waals surface area (Å²) in [5.41, 5.74) is 3.36. The number of nitrogens with zero attached hydrogens (tertiary/aromatic N) is 1. The number of amides is 2. The molecule has 6 rings (SSSR count). The van der Waals surface area contributed by atoms with E-state index in [0.717, 1.165) is 11.1 Å². The molecule has 7 nitrogen and oxygen atoms in total. The summed E-state index contributed by atoms with van der Waals surface area (Å²) in [4.78, 5) is 54.4. The molecule has 4 aliphatic rings. The van der Waals surface area contributed by atoms with Gasteiger partial charge in [-0.2, -0.15) is 0 Å². The molecule has 0 bridgehead atoms. The van der Waals surface area contributed by atoms with Gasteiger partial charge >= 0.3 is 0 Å². The Morgan fingerprint density at radius 1 is 1.00 bits per heavy atom. The van der Waals surface area contributed by atoms with Crippen molar-refractivity contribution < 1.29 is 29.0 Å². The second kappa shape index (κ2) is 9.49. The van der Waals surface area contributed by atoms with Gasteiger partial charge in [0.15, 0.2) is 11.6 Å². The Morgan fingerprint density at radius 3 is 2.49 bits per heavy atom. The number of rotatable bonds is 5. The molecule has 1 saturated heterocycles. The average Bonchev–Trinajstić information content (AvgIpc) is 3.19. The van der Waals surface area contributed by atoms with Gasteiger partial charge in [-0.1, -0.05) is 48.0 Å². The van der Waals surface area contributed by atoms with Crippen molar-refractivity contribution >= 4 is 23.4 Å². The van der Waals surface area contributed by atoms with Crippen molar-refractivity contribution in [1.82, 2.24) is 4.90 Å². The first-order valence-corrected chi connectivity index (χ1v) is 13.3. The van der Waals surface area contributed by atoms with E-state index in [-0.39, 0.29) is 35.6 Å². The molecule has 4 atom stereocenters. The van der Waals surface area contributed by atoms with Crippen LogP contribution in [-0.2, 0) is 25.8 Å². The van der Waals surface area contributed by atoms with Gasteiger partial charge in [-0.25, -0.2) is 0 Å². The van der Waals surface area contributed by atoms with Crippen molar-refractivity contribution in [3.63, 3.8) is 0 Å². The summed E-state index contributed by atoms with van der Waals surface area (Å²) in [6.45, 7) is 4.03. The lowest BCUT2D eigenvalue weighted by molar-refractivity contribution is -0.139. The highest BCUT2D eigenvalue weighted by molar-refractivity contribution is 6.23. The number of fused-ring (bicyclic) bond motifs is 3. The molecular weight excluding hydrogens is 494 g/mol. The molecule has 7 heteroatoms. The molecule has 0 radical (unpaired) electrons. The summed E-state index contributed by atoms with van der Waals surface area (Å²) in [7, 11) is 0. The number of carbonyl (C=O) groups is 4. The summed E-state index contributed by atoms with van der Waals surface area (Å²) in [5, 5.41) is 11.2. The normalized spacial score (nSPS) is 26.2. The summed E-state index contributed by atoms with van der Waals surface area (Å²) < 4.78 is 5.88. The fraction of sp³-hybridized carbons (Fsp3) is 0.312. The van der Waals surface area contributed by atoms with E-state index in [9.17, 15) is 24.3 Å². The first-order chi connectivity index (χ1) is 18.8. The zero-order valence-electron chi connectivity index (χ0n) is 21.8. The SMILES string of the molecule is CCN1C(=O)C2CC=C3C(c4ccc(OCc5ccccc5)cc4O)C4=C(CC3C2C1=O)C(=O)C(C)=CC4=O. The lowest BCUT2D eigenvalue weighted by Gasteiger charge is -2.42. The minimum absolute atomic E-state index is 0.0587. The highest BCUT2D eigenvalue weighted by Gasteiger charge is 2.56. The van der Waals surface area contributed by atoms with Gasteiger partial charge < -0.3 is 9.84 Å². The second-order valence-electron chi connectivity index (χ2n) is 10.6. The van der Waals surface area contributed by atoms with Crippen molar-refractivity contribution in [3.8, 4) is 11.5 Å². The first kappa shape index (κ1) is 25.0. The second-order valence-corrected chi connectivity index (χ2v) is 10.6. The number of allylic oxidation sites excluding steroid dienone is 6. The van der Waals surface area contributed by atoms with Crippen LogP contribution in [0.1, 0.15) is 43.7 Å². The van der Waals surface area contributed by atoms with Crippen molar-refractivity contribution in [2.45, 2.75) is 39.2 Å². The zero-order valence-corrected chi connectivity index (χ0v) is 21.8.